The van der Waals surface area contributed by atoms with Gasteiger partial charge in [-0.25, -0.2) is 0 Å². The first-order valence-corrected chi connectivity index (χ1v) is 24.0. The largest absolute Gasteiger partial charge is 0.310 e. The van der Waals surface area contributed by atoms with Crippen molar-refractivity contribution in [2.45, 2.75) is 0 Å². The molecule has 11 aromatic rings. The second-order valence-electron chi connectivity index (χ2n) is 17.1. The topological polar surface area (TPSA) is 16.2 Å². The molecule has 0 spiro atoms. The summed E-state index contributed by atoms with van der Waals surface area (Å²) in [5.41, 5.74) is 15.3. The minimum absolute atomic E-state index is 0.970. The molecule has 0 amide bonds. The van der Waals surface area contributed by atoms with Crippen LogP contribution in [0.5, 0.6) is 0 Å². The highest BCUT2D eigenvalue weighted by atomic mass is 15.2. The summed E-state index contributed by atoms with van der Waals surface area (Å²) >= 11 is 0. The van der Waals surface area contributed by atoms with Crippen LogP contribution < -0.4 is 24.5 Å². The molecule has 5 nitrogen and oxygen atoms in total. The van der Waals surface area contributed by atoms with Gasteiger partial charge in [0.15, 0.2) is 0 Å². The molecular weight excluding hydrogens is 863 g/mol. The molecule has 0 aliphatic rings. The summed E-state index contributed by atoms with van der Waals surface area (Å²) in [6.07, 6.45) is 0. The van der Waals surface area contributed by atoms with Gasteiger partial charge in [0, 0.05) is 51.2 Å². The molecule has 0 bridgehead atoms. The van der Waals surface area contributed by atoms with Crippen molar-refractivity contribution in [1.82, 2.24) is 0 Å². The van der Waals surface area contributed by atoms with Crippen LogP contribution in [0.2, 0.25) is 0 Å². The Morgan fingerprint density at radius 3 is 0.324 bits per heavy atom. The predicted octanol–water partition coefficient (Wildman–Crippen LogP) is 19.0. The lowest BCUT2D eigenvalue weighted by atomic mass is 10.1. The molecular formula is C66H51N5. The summed E-state index contributed by atoms with van der Waals surface area (Å²) in [7, 11) is 0. The number of nitrogens with zero attached hydrogens (tertiary/aromatic N) is 5. The van der Waals surface area contributed by atoms with Gasteiger partial charge in [0.2, 0.25) is 0 Å². The van der Waals surface area contributed by atoms with Gasteiger partial charge >= 0.3 is 0 Å². The molecule has 0 unspecified atom stereocenters. The average molecular weight is 914 g/mol. The molecule has 11 rings (SSSR count). The molecule has 0 fully saturated rings. The second kappa shape index (κ2) is 20.7. The van der Waals surface area contributed by atoms with E-state index in [1.807, 2.05) is 0 Å². The molecule has 71 heavy (non-hydrogen) atoms. The Labute approximate surface area is 417 Å². The smallest absolute Gasteiger partial charge is 0.0503 e. The minimum atomic E-state index is 0.970. The third-order valence-electron chi connectivity index (χ3n) is 12.5. The third kappa shape index (κ3) is 9.62. The van der Waals surface area contributed by atoms with E-state index in [9.17, 15) is 0 Å². The lowest BCUT2D eigenvalue weighted by Gasteiger charge is -2.34. The maximum Gasteiger partial charge on any atom is 0.0503 e. The van der Waals surface area contributed by atoms with Crippen LogP contribution >= 0.6 is 0 Å². The quantitative estimate of drug-likeness (QED) is 0.102. The first kappa shape index (κ1) is 44.0. The van der Waals surface area contributed by atoms with E-state index in [2.05, 4.69) is 334 Å². The molecule has 0 radical (unpaired) electrons. The van der Waals surface area contributed by atoms with Crippen LogP contribution in [-0.2, 0) is 0 Å². The monoisotopic (exact) mass is 913 g/mol. The van der Waals surface area contributed by atoms with Crippen LogP contribution in [0.4, 0.5) is 85.3 Å². The number of anilines is 15. The van der Waals surface area contributed by atoms with Crippen LogP contribution in [-0.4, -0.2) is 0 Å². The van der Waals surface area contributed by atoms with Crippen LogP contribution in [0.15, 0.2) is 309 Å². The van der Waals surface area contributed by atoms with Gasteiger partial charge in [-0.1, -0.05) is 164 Å². The van der Waals surface area contributed by atoms with Crippen molar-refractivity contribution in [2.75, 3.05) is 24.5 Å². The normalized spacial score (nSPS) is 10.8. The van der Waals surface area contributed by atoms with Crippen molar-refractivity contribution in [3.8, 4) is 0 Å². The Balaban J connectivity index is 1.23. The summed E-state index contributed by atoms with van der Waals surface area (Å²) in [5.74, 6) is 0. The Morgan fingerprint density at radius 2 is 0.211 bits per heavy atom. The van der Waals surface area contributed by atoms with Crippen LogP contribution in [0.25, 0.3) is 0 Å². The summed E-state index contributed by atoms with van der Waals surface area (Å²) in [6.45, 7) is 0. The fraction of sp³-hybridized carbons (Fsp3) is 0. The second-order valence-corrected chi connectivity index (χ2v) is 17.1. The SMILES string of the molecule is c1ccc(N(c2ccccc2)c2cc(N(c3ccccc3)c3ccccc3)cc(N(c3ccccc3)c3cc(N(c4ccccc4)c4ccccc4)cc(N(c4ccccc4)c4ccccc4)c3)c2)cc1. The van der Waals surface area contributed by atoms with Crippen LogP contribution in [0.3, 0.4) is 0 Å². The summed E-state index contributed by atoms with van der Waals surface area (Å²) in [5, 5.41) is 0. The standard InChI is InChI=1S/C66H51N5/c1-10-28-52(29-11-1)67(53-30-12-2-13-31-53)61-46-62(68(54-32-14-3-15-33-54)55-34-16-4-17-35-55)49-65(48-61)71(60-44-26-9-27-45-60)66-50-63(69(56-36-18-5-19-37-56)57-38-20-6-21-39-57)47-64(51-66)70(58-40-22-7-23-41-58)59-42-24-8-25-43-59/h1-51H. The van der Waals surface area contributed by atoms with Crippen molar-refractivity contribution >= 4 is 85.3 Å². The third-order valence-corrected chi connectivity index (χ3v) is 12.5. The number of para-hydroxylation sites is 9. The molecule has 5 heteroatoms. The highest BCUT2D eigenvalue weighted by Gasteiger charge is 2.25. The highest BCUT2D eigenvalue weighted by molar-refractivity contribution is 5.93. The Bertz CT molecular complexity index is 2830. The lowest BCUT2D eigenvalue weighted by molar-refractivity contribution is 1.21. The van der Waals surface area contributed by atoms with Gasteiger partial charge in [-0.05, 0) is 146 Å². The fourth-order valence-corrected chi connectivity index (χ4v) is 9.36. The van der Waals surface area contributed by atoms with Gasteiger partial charge in [0.05, 0.1) is 34.1 Å². The molecule has 340 valence electrons. The van der Waals surface area contributed by atoms with E-state index in [1.165, 1.54) is 0 Å². The maximum atomic E-state index is 2.41. The van der Waals surface area contributed by atoms with Gasteiger partial charge in [0.1, 0.15) is 0 Å². The first-order chi connectivity index (χ1) is 35.2. The van der Waals surface area contributed by atoms with E-state index in [0.29, 0.717) is 0 Å². The fourth-order valence-electron chi connectivity index (χ4n) is 9.36. The van der Waals surface area contributed by atoms with Crippen molar-refractivity contribution in [3.63, 3.8) is 0 Å². The van der Waals surface area contributed by atoms with E-state index in [1.54, 1.807) is 0 Å². The molecule has 0 saturated heterocycles. The molecule has 0 N–H and O–H groups in total. The van der Waals surface area contributed by atoms with Crippen molar-refractivity contribution < 1.29 is 0 Å². The number of benzene rings is 11. The van der Waals surface area contributed by atoms with Gasteiger partial charge < -0.3 is 24.5 Å². The van der Waals surface area contributed by atoms with Crippen LogP contribution in [0.1, 0.15) is 0 Å². The molecule has 0 aromatic heterocycles. The molecule has 0 atom stereocenters. The zero-order chi connectivity index (χ0) is 47.6. The Morgan fingerprint density at radius 1 is 0.113 bits per heavy atom. The number of hydrogen-bond acceptors (Lipinski definition) is 5. The molecule has 0 saturated carbocycles. The van der Waals surface area contributed by atoms with Gasteiger partial charge in [0.25, 0.3) is 0 Å². The number of hydrogen-bond donors (Lipinski definition) is 0. The van der Waals surface area contributed by atoms with E-state index < -0.39 is 0 Å². The van der Waals surface area contributed by atoms with Gasteiger partial charge in [-0.3, -0.25) is 0 Å². The number of rotatable bonds is 15. The molecule has 11 aromatic carbocycles. The molecule has 0 aliphatic carbocycles. The summed E-state index contributed by atoms with van der Waals surface area (Å²) < 4.78 is 0. The van der Waals surface area contributed by atoms with Crippen molar-refractivity contribution in [1.29, 1.82) is 0 Å². The van der Waals surface area contributed by atoms with E-state index in [-0.39, 0.29) is 0 Å². The van der Waals surface area contributed by atoms with E-state index >= 15 is 0 Å². The van der Waals surface area contributed by atoms with E-state index in [0.717, 1.165) is 85.3 Å². The van der Waals surface area contributed by atoms with Crippen LogP contribution in [0, 0.1) is 0 Å². The first-order valence-electron chi connectivity index (χ1n) is 24.0. The lowest BCUT2D eigenvalue weighted by Crippen LogP contribution is -2.18. The zero-order valence-corrected chi connectivity index (χ0v) is 39.2. The molecule has 0 aliphatic heterocycles. The van der Waals surface area contributed by atoms with Gasteiger partial charge in [-0.2, -0.15) is 0 Å². The average Bonchev–Trinajstić information content (AvgIpc) is 3.44. The van der Waals surface area contributed by atoms with Crippen molar-refractivity contribution in [3.05, 3.63) is 309 Å². The Hall–Kier alpha value is -9.58. The zero-order valence-electron chi connectivity index (χ0n) is 39.2. The maximum absolute atomic E-state index is 2.41. The van der Waals surface area contributed by atoms with Gasteiger partial charge in [-0.15, -0.1) is 0 Å². The Kier molecular flexibility index (Phi) is 12.8. The van der Waals surface area contributed by atoms with E-state index in [4.69, 9.17) is 0 Å². The summed E-state index contributed by atoms with van der Waals surface area (Å²) in [4.78, 5) is 11.8. The highest BCUT2D eigenvalue weighted by Crippen LogP contribution is 2.49. The summed E-state index contributed by atoms with van der Waals surface area (Å²) in [6, 6.07) is 110. The van der Waals surface area contributed by atoms with Crippen molar-refractivity contribution in [2.24, 2.45) is 0 Å². The minimum Gasteiger partial charge on any atom is -0.310 e. The molecule has 0 heterocycles. The predicted molar refractivity (Wildman–Crippen MR) is 300 cm³/mol.